The van der Waals surface area contributed by atoms with Crippen LogP contribution in [0.25, 0.3) is 21.5 Å². The maximum Gasteiger partial charge on any atom is 0.267 e. The first-order valence-electron chi connectivity index (χ1n) is 9.70. The average Bonchev–Trinajstić information content (AvgIpc) is 3.42. The summed E-state index contributed by atoms with van der Waals surface area (Å²) in [5, 5.41) is 3.59. The Bertz CT molecular complexity index is 1350. The number of ether oxygens (including phenoxy) is 4. The number of nitrogens with zero attached hydrogens (tertiary/aromatic N) is 1. The Labute approximate surface area is 187 Å². The lowest BCUT2D eigenvalue weighted by atomic mass is 10.1. The lowest BCUT2D eigenvalue weighted by Gasteiger charge is -2.09. The van der Waals surface area contributed by atoms with E-state index in [0.29, 0.717) is 44.1 Å². The largest absolute Gasteiger partial charge is 0.493 e. The van der Waals surface area contributed by atoms with Crippen LogP contribution in [0.1, 0.15) is 9.67 Å². The highest BCUT2D eigenvalue weighted by atomic mass is 32.1. The SMILES string of the molecule is COc1ccc(-c2ccc3c(N)c(C(=O)Nc4ccc5c(c4)OCO5)sc3n2)cc1OC. The van der Waals surface area contributed by atoms with Gasteiger partial charge in [0.25, 0.3) is 5.91 Å². The summed E-state index contributed by atoms with van der Waals surface area (Å²) in [5.41, 5.74) is 8.88. The fourth-order valence-corrected chi connectivity index (χ4v) is 4.47. The van der Waals surface area contributed by atoms with Crippen molar-refractivity contribution < 1.29 is 23.7 Å². The van der Waals surface area contributed by atoms with Crippen molar-refractivity contribution in [1.29, 1.82) is 0 Å². The first kappa shape index (κ1) is 20.0. The molecule has 8 nitrogen and oxygen atoms in total. The van der Waals surface area contributed by atoms with Crippen molar-refractivity contribution in [3.05, 3.63) is 53.4 Å². The minimum absolute atomic E-state index is 0.171. The third kappa shape index (κ3) is 3.42. The quantitative estimate of drug-likeness (QED) is 0.461. The number of thiophene rings is 1. The van der Waals surface area contributed by atoms with Crippen molar-refractivity contribution >= 4 is 38.8 Å². The molecule has 1 aliphatic heterocycles. The third-order valence-corrected chi connectivity index (χ3v) is 6.22. The smallest absolute Gasteiger partial charge is 0.267 e. The van der Waals surface area contributed by atoms with Crippen LogP contribution in [0.2, 0.25) is 0 Å². The van der Waals surface area contributed by atoms with Gasteiger partial charge in [-0.15, -0.1) is 11.3 Å². The van der Waals surface area contributed by atoms with E-state index in [4.69, 9.17) is 29.7 Å². The number of fused-ring (bicyclic) bond motifs is 2. The molecule has 3 heterocycles. The molecule has 2 aromatic carbocycles. The highest BCUT2D eigenvalue weighted by molar-refractivity contribution is 7.21. The molecule has 1 amide bonds. The highest BCUT2D eigenvalue weighted by Gasteiger charge is 2.20. The van der Waals surface area contributed by atoms with Crippen molar-refractivity contribution in [2.75, 3.05) is 32.1 Å². The van der Waals surface area contributed by atoms with Crippen LogP contribution in [-0.2, 0) is 0 Å². The van der Waals surface area contributed by atoms with Crippen molar-refractivity contribution in [2.24, 2.45) is 0 Å². The zero-order chi connectivity index (χ0) is 22.2. The van der Waals surface area contributed by atoms with Gasteiger partial charge in [-0.2, -0.15) is 0 Å². The number of methoxy groups -OCH3 is 2. The molecule has 0 aliphatic carbocycles. The molecule has 3 N–H and O–H groups in total. The Kier molecular flexibility index (Phi) is 4.95. The summed E-state index contributed by atoms with van der Waals surface area (Å²) in [6.45, 7) is 0.171. The molecule has 0 unspecified atom stereocenters. The Morgan fingerprint density at radius 1 is 1.03 bits per heavy atom. The van der Waals surface area contributed by atoms with Gasteiger partial charge in [0.15, 0.2) is 23.0 Å². The fourth-order valence-electron chi connectivity index (χ4n) is 3.48. The molecule has 5 rings (SSSR count). The molecule has 2 aromatic heterocycles. The first-order chi connectivity index (χ1) is 15.6. The Morgan fingerprint density at radius 3 is 2.66 bits per heavy atom. The number of benzene rings is 2. The highest BCUT2D eigenvalue weighted by Crippen LogP contribution is 2.38. The summed E-state index contributed by atoms with van der Waals surface area (Å²) in [5.74, 6) is 2.18. The zero-order valence-corrected chi connectivity index (χ0v) is 18.1. The molecule has 0 radical (unpaired) electrons. The van der Waals surface area contributed by atoms with Crippen LogP contribution in [0.4, 0.5) is 11.4 Å². The van der Waals surface area contributed by atoms with Crippen LogP contribution in [-0.4, -0.2) is 31.9 Å². The number of carbonyl (C=O) groups is 1. The van der Waals surface area contributed by atoms with E-state index >= 15 is 0 Å². The van der Waals surface area contributed by atoms with Crippen LogP contribution in [0.5, 0.6) is 23.0 Å². The molecule has 1 aliphatic rings. The third-order valence-electron chi connectivity index (χ3n) is 5.11. The van der Waals surface area contributed by atoms with Gasteiger partial charge in [-0.05, 0) is 42.5 Å². The van der Waals surface area contributed by atoms with Gasteiger partial charge in [0.2, 0.25) is 6.79 Å². The van der Waals surface area contributed by atoms with E-state index < -0.39 is 0 Å². The number of nitrogens with one attached hydrogen (secondary N) is 1. The summed E-state index contributed by atoms with van der Waals surface area (Å²) < 4.78 is 21.3. The Morgan fingerprint density at radius 2 is 1.84 bits per heavy atom. The monoisotopic (exact) mass is 449 g/mol. The van der Waals surface area contributed by atoms with Crippen LogP contribution in [0.3, 0.4) is 0 Å². The molecule has 0 spiro atoms. The summed E-state index contributed by atoms with van der Waals surface area (Å²) in [6.07, 6.45) is 0. The van der Waals surface area contributed by atoms with E-state index in [0.717, 1.165) is 16.6 Å². The molecular formula is C23H19N3O5S. The van der Waals surface area contributed by atoms with E-state index in [9.17, 15) is 4.79 Å². The molecule has 162 valence electrons. The van der Waals surface area contributed by atoms with E-state index in [2.05, 4.69) is 5.32 Å². The lowest BCUT2D eigenvalue weighted by molar-refractivity contribution is 0.103. The summed E-state index contributed by atoms with van der Waals surface area (Å²) >= 11 is 1.24. The van der Waals surface area contributed by atoms with Crippen molar-refractivity contribution in [1.82, 2.24) is 4.98 Å². The van der Waals surface area contributed by atoms with E-state index in [-0.39, 0.29) is 12.7 Å². The minimum Gasteiger partial charge on any atom is -0.493 e. The normalized spacial score (nSPS) is 12.1. The molecule has 0 saturated heterocycles. The molecule has 0 bridgehead atoms. The fraction of sp³-hybridized carbons (Fsp3) is 0.130. The van der Waals surface area contributed by atoms with Crippen molar-refractivity contribution in [3.63, 3.8) is 0 Å². The Balaban J connectivity index is 1.45. The maximum absolute atomic E-state index is 12.9. The summed E-state index contributed by atoms with van der Waals surface area (Å²) in [7, 11) is 3.18. The van der Waals surface area contributed by atoms with Crippen molar-refractivity contribution in [2.45, 2.75) is 0 Å². The average molecular weight is 449 g/mol. The molecule has 32 heavy (non-hydrogen) atoms. The molecule has 0 atom stereocenters. The number of hydrogen-bond donors (Lipinski definition) is 2. The van der Waals surface area contributed by atoms with E-state index in [1.54, 1.807) is 32.4 Å². The van der Waals surface area contributed by atoms with Gasteiger partial charge in [-0.1, -0.05) is 0 Å². The summed E-state index contributed by atoms with van der Waals surface area (Å²) in [6, 6.07) is 14.6. The number of hydrogen-bond acceptors (Lipinski definition) is 8. The number of nitrogen functional groups attached to an aromatic ring is 1. The number of nitrogens with two attached hydrogens (primary N) is 1. The van der Waals surface area contributed by atoms with Gasteiger partial charge < -0.3 is 30.0 Å². The second kappa shape index (κ2) is 7.93. The number of amides is 1. The molecule has 0 saturated carbocycles. The Hall–Kier alpha value is -3.98. The molecule has 0 fully saturated rings. The van der Waals surface area contributed by atoms with Gasteiger partial charge in [-0.25, -0.2) is 4.98 Å². The second-order valence-corrected chi connectivity index (χ2v) is 7.99. The van der Waals surface area contributed by atoms with Gasteiger partial charge >= 0.3 is 0 Å². The zero-order valence-electron chi connectivity index (χ0n) is 17.3. The number of rotatable bonds is 5. The van der Waals surface area contributed by atoms with E-state index in [1.807, 2.05) is 30.3 Å². The summed E-state index contributed by atoms with van der Waals surface area (Å²) in [4.78, 5) is 18.7. The van der Waals surface area contributed by atoms with Crippen molar-refractivity contribution in [3.8, 4) is 34.3 Å². The standard InChI is InChI=1S/C23H19N3O5S/c1-28-16-7-3-12(9-18(16)29-2)15-6-5-14-20(24)21(32-23(14)26-15)22(27)25-13-4-8-17-19(10-13)31-11-30-17/h3-10H,11,24H2,1-2H3,(H,25,27). The molecular weight excluding hydrogens is 430 g/mol. The predicted octanol–water partition coefficient (Wildman–Crippen LogP) is 4.54. The van der Waals surface area contributed by atoms with Gasteiger partial charge in [0, 0.05) is 22.7 Å². The van der Waals surface area contributed by atoms with Crippen LogP contribution in [0, 0.1) is 0 Å². The van der Waals surface area contributed by atoms with Gasteiger partial charge in [0.1, 0.15) is 9.71 Å². The number of aromatic nitrogens is 1. The molecule has 4 aromatic rings. The van der Waals surface area contributed by atoms with Crippen LogP contribution < -0.4 is 30.0 Å². The van der Waals surface area contributed by atoms with Crippen LogP contribution in [0.15, 0.2) is 48.5 Å². The minimum atomic E-state index is -0.308. The first-order valence-corrected chi connectivity index (χ1v) is 10.5. The second-order valence-electron chi connectivity index (χ2n) is 6.99. The maximum atomic E-state index is 12.9. The predicted molar refractivity (Wildman–Crippen MR) is 123 cm³/mol. The number of carbonyl (C=O) groups excluding carboxylic acids is 1. The van der Waals surface area contributed by atoms with E-state index in [1.165, 1.54) is 11.3 Å². The van der Waals surface area contributed by atoms with Gasteiger partial charge in [0.05, 0.1) is 25.6 Å². The van der Waals surface area contributed by atoms with Gasteiger partial charge in [-0.3, -0.25) is 4.79 Å². The molecule has 9 heteroatoms. The van der Waals surface area contributed by atoms with Crippen LogP contribution >= 0.6 is 11.3 Å². The number of pyridine rings is 1. The lowest BCUT2D eigenvalue weighted by Crippen LogP contribution is -2.11. The topological polar surface area (TPSA) is 105 Å². The number of anilines is 2.